The summed E-state index contributed by atoms with van der Waals surface area (Å²) in [6.45, 7) is 8.56. The molecular formula is C15H27N3O3. The summed E-state index contributed by atoms with van der Waals surface area (Å²) in [5.74, 6) is 2.52. The van der Waals surface area contributed by atoms with Gasteiger partial charge in [0, 0.05) is 33.1 Å². The summed E-state index contributed by atoms with van der Waals surface area (Å²) >= 11 is 0. The summed E-state index contributed by atoms with van der Waals surface area (Å²) in [5.41, 5.74) is 0.933. The third kappa shape index (κ3) is 5.85. The van der Waals surface area contributed by atoms with Crippen LogP contribution in [-0.2, 0) is 9.47 Å². The molecule has 0 aliphatic heterocycles. The number of hydrogen-bond donors (Lipinski definition) is 1. The molecule has 0 unspecified atom stereocenters. The number of rotatable bonds is 10. The average molecular weight is 297 g/mol. The summed E-state index contributed by atoms with van der Waals surface area (Å²) in [6.07, 6.45) is 0.819. The zero-order chi connectivity index (χ0) is 15.7. The Balaban J connectivity index is 2.52. The maximum absolute atomic E-state index is 5.77. The first-order chi connectivity index (χ1) is 10.1. The monoisotopic (exact) mass is 297 g/mol. The Bertz CT molecular complexity index is 425. The Kier molecular flexibility index (Phi) is 8.00. The Labute approximate surface area is 127 Å². The predicted molar refractivity (Wildman–Crippen MR) is 83.2 cm³/mol. The van der Waals surface area contributed by atoms with Crippen LogP contribution in [0.3, 0.4) is 0 Å². The third-order valence-corrected chi connectivity index (χ3v) is 2.98. The lowest BCUT2D eigenvalue weighted by Crippen LogP contribution is -2.11. The van der Waals surface area contributed by atoms with Crippen molar-refractivity contribution in [2.24, 2.45) is 0 Å². The van der Waals surface area contributed by atoms with Crippen molar-refractivity contribution in [3.63, 3.8) is 0 Å². The Hall–Kier alpha value is -1.40. The maximum Gasteiger partial charge on any atom is 0.221 e. The first kappa shape index (κ1) is 17.7. The standard InChI is InChI=1S/C15H27N3O3/c1-11(2)13-17-14(16-4)12(3)15(18-13)21-8-6-7-20-10-9-19-5/h11H,6-10H2,1-5H3,(H,16,17,18). The van der Waals surface area contributed by atoms with Crippen LogP contribution in [0.15, 0.2) is 0 Å². The minimum absolute atomic E-state index is 0.262. The quantitative estimate of drug-likeness (QED) is 0.669. The fourth-order valence-electron chi connectivity index (χ4n) is 1.73. The van der Waals surface area contributed by atoms with Crippen molar-refractivity contribution in [3.8, 4) is 5.88 Å². The molecule has 120 valence electrons. The van der Waals surface area contributed by atoms with E-state index in [9.17, 15) is 0 Å². The molecule has 6 nitrogen and oxygen atoms in total. The van der Waals surface area contributed by atoms with Crippen LogP contribution < -0.4 is 10.1 Å². The van der Waals surface area contributed by atoms with E-state index in [1.54, 1.807) is 7.11 Å². The molecule has 0 aliphatic rings. The maximum atomic E-state index is 5.77. The van der Waals surface area contributed by atoms with Gasteiger partial charge in [0.1, 0.15) is 11.6 Å². The lowest BCUT2D eigenvalue weighted by atomic mass is 10.2. The lowest BCUT2D eigenvalue weighted by Gasteiger charge is -2.14. The highest BCUT2D eigenvalue weighted by atomic mass is 16.5. The molecule has 1 heterocycles. The number of hydrogen-bond acceptors (Lipinski definition) is 6. The molecule has 0 radical (unpaired) electrons. The molecule has 0 bridgehead atoms. The van der Waals surface area contributed by atoms with E-state index in [4.69, 9.17) is 14.2 Å². The van der Waals surface area contributed by atoms with Crippen molar-refractivity contribution in [3.05, 3.63) is 11.4 Å². The van der Waals surface area contributed by atoms with E-state index in [1.807, 2.05) is 14.0 Å². The van der Waals surface area contributed by atoms with E-state index < -0.39 is 0 Å². The second kappa shape index (κ2) is 9.52. The number of nitrogens with one attached hydrogen (secondary N) is 1. The Morgan fingerprint density at radius 2 is 1.86 bits per heavy atom. The van der Waals surface area contributed by atoms with E-state index in [1.165, 1.54) is 0 Å². The van der Waals surface area contributed by atoms with Gasteiger partial charge in [-0.2, -0.15) is 4.98 Å². The van der Waals surface area contributed by atoms with Crippen LogP contribution >= 0.6 is 0 Å². The Morgan fingerprint density at radius 1 is 1.10 bits per heavy atom. The molecule has 1 N–H and O–H groups in total. The van der Waals surface area contributed by atoms with Gasteiger partial charge in [0.25, 0.3) is 0 Å². The van der Waals surface area contributed by atoms with E-state index in [0.717, 1.165) is 23.6 Å². The number of nitrogens with zero attached hydrogens (tertiary/aromatic N) is 2. The van der Waals surface area contributed by atoms with Crippen LogP contribution in [-0.4, -0.2) is 50.6 Å². The van der Waals surface area contributed by atoms with E-state index in [-0.39, 0.29) is 5.92 Å². The molecule has 0 spiro atoms. The number of anilines is 1. The zero-order valence-electron chi connectivity index (χ0n) is 13.7. The van der Waals surface area contributed by atoms with Gasteiger partial charge in [-0.1, -0.05) is 13.8 Å². The molecule has 0 atom stereocenters. The summed E-state index contributed by atoms with van der Waals surface area (Å²) < 4.78 is 16.1. The van der Waals surface area contributed by atoms with Crippen LogP contribution in [0.25, 0.3) is 0 Å². The normalized spacial score (nSPS) is 11.0. The van der Waals surface area contributed by atoms with Gasteiger partial charge in [-0.25, -0.2) is 4.98 Å². The summed E-state index contributed by atoms with van der Waals surface area (Å²) in [4.78, 5) is 8.98. The van der Waals surface area contributed by atoms with Crippen LogP contribution in [0.1, 0.15) is 37.6 Å². The summed E-state index contributed by atoms with van der Waals surface area (Å²) in [7, 11) is 3.52. The second-order valence-electron chi connectivity index (χ2n) is 5.07. The van der Waals surface area contributed by atoms with Gasteiger partial charge in [0.05, 0.1) is 25.4 Å². The molecule has 0 aliphatic carbocycles. The molecule has 0 amide bonds. The van der Waals surface area contributed by atoms with Crippen LogP contribution in [0.4, 0.5) is 5.82 Å². The number of aromatic nitrogens is 2. The third-order valence-electron chi connectivity index (χ3n) is 2.98. The minimum atomic E-state index is 0.262. The predicted octanol–water partition coefficient (Wildman–Crippen LogP) is 2.38. The van der Waals surface area contributed by atoms with E-state index in [2.05, 4.69) is 29.1 Å². The highest BCUT2D eigenvalue weighted by Gasteiger charge is 2.13. The molecule has 0 saturated carbocycles. The van der Waals surface area contributed by atoms with Crippen LogP contribution in [0.5, 0.6) is 5.88 Å². The van der Waals surface area contributed by atoms with Gasteiger partial charge in [-0.3, -0.25) is 0 Å². The molecule has 6 heteroatoms. The van der Waals surface area contributed by atoms with Gasteiger partial charge in [0.2, 0.25) is 5.88 Å². The molecule has 1 aromatic rings. The molecular weight excluding hydrogens is 270 g/mol. The largest absolute Gasteiger partial charge is 0.477 e. The molecule has 0 saturated heterocycles. The van der Waals surface area contributed by atoms with Crippen molar-refractivity contribution < 1.29 is 14.2 Å². The fraction of sp³-hybridized carbons (Fsp3) is 0.733. The zero-order valence-corrected chi connectivity index (χ0v) is 13.7. The van der Waals surface area contributed by atoms with Crippen molar-refractivity contribution in [1.29, 1.82) is 0 Å². The molecule has 0 fully saturated rings. The molecule has 0 aromatic carbocycles. The average Bonchev–Trinajstić information content (AvgIpc) is 2.47. The van der Waals surface area contributed by atoms with Gasteiger partial charge in [-0.05, 0) is 6.92 Å². The topological polar surface area (TPSA) is 65.5 Å². The Morgan fingerprint density at radius 3 is 2.48 bits per heavy atom. The molecule has 1 aromatic heterocycles. The molecule has 21 heavy (non-hydrogen) atoms. The number of methoxy groups -OCH3 is 1. The van der Waals surface area contributed by atoms with Crippen molar-refractivity contribution in [1.82, 2.24) is 9.97 Å². The van der Waals surface area contributed by atoms with Gasteiger partial charge in [-0.15, -0.1) is 0 Å². The first-order valence-electron chi connectivity index (χ1n) is 7.35. The van der Waals surface area contributed by atoms with E-state index >= 15 is 0 Å². The van der Waals surface area contributed by atoms with E-state index in [0.29, 0.717) is 32.3 Å². The van der Waals surface area contributed by atoms with Gasteiger partial charge in [0.15, 0.2) is 0 Å². The fourth-order valence-corrected chi connectivity index (χ4v) is 1.73. The van der Waals surface area contributed by atoms with Crippen molar-refractivity contribution in [2.75, 3.05) is 45.9 Å². The summed E-state index contributed by atoms with van der Waals surface area (Å²) in [6, 6.07) is 0. The van der Waals surface area contributed by atoms with Crippen molar-refractivity contribution in [2.45, 2.75) is 33.1 Å². The highest BCUT2D eigenvalue weighted by Crippen LogP contribution is 2.24. The van der Waals surface area contributed by atoms with Crippen molar-refractivity contribution >= 4 is 5.82 Å². The van der Waals surface area contributed by atoms with Gasteiger partial charge < -0.3 is 19.5 Å². The number of ether oxygens (including phenoxy) is 3. The highest BCUT2D eigenvalue weighted by molar-refractivity contribution is 5.48. The molecule has 1 rings (SSSR count). The van der Waals surface area contributed by atoms with Crippen LogP contribution in [0, 0.1) is 6.92 Å². The smallest absolute Gasteiger partial charge is 0.221 e. The lowest BCUT2D eigenvalue weighted by molar-refractivity contribution is 0.0641. The first-order valence-corrected chi connectivity index (χ1v) is 7.35. The second-order valence-corrected chi connectivity index (χ2v) is 5.07. The SMILES string of the molecule is CNc1nc(C(C)C)nc(OCCCOCCOC)c1C. The minimum Gasteiger partial charge on any atom is -0.477 e. The van der Waals surface area contributed by atoms with Crippen LogP contribution in [0.2, 0.25) is 0 Å². The van der Waals surface area contributed by atoms with Gasteiger partial charge >= 0.3 is 0 Å². The summed E-state index contributed by atoms with van der Waals surface area (Å²) in [5, 5.41) is 3.09.